The molecule has 1 N–H and O–H groups in total. The Morgan fingerprint density at radius 3 is 2.54 bits per heavy atom. The first kappa shape index (κ1) is 32.7. The van der Waals surface area contributed by atoms with Crippen LogP contribution in [0.25, 0.3) is 32.8 Å². The molecule has 3 aromatic carbocycles. The molecular weight excluding hydrogens is 662 g/mol. The van der Waals surface area contributed by atoms with Crippen molar-refractivity contribution in [2.24, 2.45) is 21.1 Å². The second-order valence-corrected chi connectivity index (χ2v) is 15.1. The third-order valence-electron chi connectivity index (χ3n) is 9.45. The van der Waals surface area contributed by atoms with Crippen molar-refractivity contribution < 1.29 is 14.6 Å². The molecule has 1 aliphatic heterocycles. The quantitative estimate of drug-likeness (QED) is 0.183. The number of carboxylic acid groups (broad SMARTS) is 1. The molecule has 248 valence electrons. The molecule has 4 heterocycles. The summed E-state index contributed by atoms with van der Waals surface area (Å²) in [4.78, 5) is 14.0. The summed E-state index contributed by atoms with van der Waals surface area (Å²) in [5, 5.41) is 24.0. The van der Waals surface area contributed by atoms with Crippen LogP contribution in [0.5, 0.6) is 5.75 Å². The maximum Gasteiger partial charge on any atom is 0.352 e. The van der Waals surface area contributed by atoms with Crippen LogP contribution in [0.4, 0.5) is 0 Å². The highest BCUT2D eigenvalue weighted by atomic mass is 35.5. The zero-order valence-electron chi connectivity index (χ0n) is 27.9. The van der Waals surface area contributed by atoms with E-state index < -0.39 is 5.97 Å². The second kappa shape index (κ2) is 12.9. The molecule has 8 nitrogen and oxygen atoms in total. The van der Waals surface area contributed by atoms with Crippen LogP contribution in [0.15, 0.2) is 53.4 Å². The van der Waals surface area contributed by atoms with E-state index in [2.05, 4.69) is 50.2 Å². The molecule has 1 atom stereocenters. The Hall–Kier alpha value is -3.86. The van der Waals surface area contributed by atoms with Crippen molar-refractivity contribution in [3.8, 4) is 16.9 Å². The van der Waals surface area contributed by atoms with Gasteiger partial charge in [0.25, 0.3) is 0 Å². The lowest BCUT2D eigenvalue weighted by Crippen LogP contribution is -2.11. The zero-order valence-corrected chi connectivity index (χ0v) is 30.3. The van der Waals surface area contributed by atoms with E-state index in [1.54, 1.807) is 28.1 Å². The molecule has 0 radical (unpaired) electrons. The van der Waals surface area contributed by atoms with Gasteiger partial charge >= 0.3 is 5.97 Å². The Kier molecular flexibility index (Phi) is 8.76. The number of carbonyl (C=O) groups is 1. The highest BCUT2D eigenvalue weighted by Crippen LogP contribution is 2.44. The number of nitrogens with zero attached hydrogens (tertiary/aromatic N) is 5. The topological polar surface area (TPSA) is 87.1 Å². The van der Waals surface area contributed by atoms with Gasteiger partial charge in [0.05, 0.1) is 28.5 Å². The number of aromatic carboxylic acids is 1. The van der Waals surface area contributed by atoms with Gasteiger partial charge in [-0.3, -0.25) is 9.36 Å². The van der Waals surface area contributed by atoms with Crippen molar-refractivity contribution in [1.82, 2.24) is 24.1 Å². The van der Waals surface area contributed by atoms with Gasteiger partial charge in [-0.05, 0) is 61.4 Å². The maximum absolute atomic E-state index is 12.9. The van der Waals surface area contributed by atoms with Crippen LogP contribution < -0.4 is 4.74 Å². The highest BCUT2D eigenvalue weighted by molar-refractivity contribution is 7.98. The van der Waals surface area contributed by atoms with Crippen molar-refractivity contribution in [1.29, 1.82) is 0 Å². The molecule has 7 rings (SSSR count). The number of halogens is 1. The van der Waals surface area contributed by atoms with Crippen molar-refractivity contribution in [2.75, 3.05) is 6.61 Å². The van der Waals surface area contributed by atoms with Crippen molar-refractivity contribution in [2.45, 2.75) is 55.3 Å². The van der Waals surface area contributed by atoms with Gasteiger partial charge in [0, 0.05) is 76.6 Å². The Bertz CT molecular complexity index is 2230. The van der Waals surface area contributed by atoms with Gasteiger partial charge in [0.15, 0.2) is 0 Å². The molecule has 0 amide bonds. The fraction of sp³-hybridized carbons (Fsp3) is 0.324. The number of rotatable bonds is 1. The lowest BCUT2D eigenvalue weighted by molar-refractivity contribution is 0.0685. The second-order valence-electron chi connectivity index (χ2n) is 12.7. The first-order valence-corrected chi connectivity index (χ1v) is 18.5. The van der Waals surface area contributed by atoms with E-state index in [9.17, 15) is 9.90 Å². The number of fused-ring (bicyclic) bond motifs is 8. The average Bonchev–Trinajstić information content (AvgIpc) is 3.65. The molecule has 11 heteroatoms. The summed E-state index contributed by atoms with van der Waals surface area (Å²) in [7, 11) is 5.77. The third kappa shape index (κ3) is 5.77. The molecular formula is C37H38ClN5O3S2. The van der Waals surface area contributed by atoms with Crippen LogP contribution in [0.2, 0.25) is 5.02 Å². The van der Waals surface area contributed by atoms with Gasteiger partial charge < -0.3 is 14.4 Å². The number of aryl methyl sites for hydroxylation is 4. The number of ether oxygens (including phenoxy) is 1. The predicted molar refractivity (Wildman–Crippen MR) is 197 cm³/mol. The molecule has 8 bridgehead atoms. The van der Waals surface area contributed by atoms with Crippen molar-refractivity contribution in [3.05, 3.63) is 93.2 Å². The third-order valence-corrected chi connectivity index (χ3v) is 11.8. The van der Waals surface area contributed by atoms with E-state index in [0.29, 0.717) is 23.8 Å². The molecule has 3 aromatic heterocycles. The van der Waals surface area contributed by atoms with E-state index in [4.69, 9.17) is 26.5 Å². The fourth-order valence-electron chi connectivity index (χ4n) is 6.96. The lowest BCUT2D eigenvalue weighted by Gasteiger charge is -2.16. The predicted octanol–water partition coefficient (Wildman–Crippen LogP) is 9.05. The Labute approximate surface area is 293 Å². The largest absolute Gasteiger partial charge is 0.493 e. The lowest BCUT2D eigenvalue weighted by atomic mass is 9.93. The van der Waals surface area contributed by atoms with Crippen LogP contribution in [-0.4, -0.2) is 41.8 Å². The van der Waals surface area contributed by atoms with Gasteiger partial charge in [0.1, 0.15) is 11.4 Å². The first-order valence-electron chi connectivity index (χ1n) is 16.0. The van der Waals surface area contributed by atoms with Gasteiger partial charge in [-0.2, -0.15) is 10.2 Å². The highest BCUT2D eigenvalue weighted by Gasteiger charge is 2.29. The summed E-state index contributed by atoms with van der Waals surface area (Å²) in [6, 6.07) is 16.8. The van der Waals surface area contributed by atoms with Crippen LogP contribution in [0.3, 0.4) is 0 Å². The minimum atomic E-state index is -0.965. The Balaban J connectivity index is 1.38. The molecule has 0 saturated carbocycles. The number of benzene rings is 3. The van der Waals surface area contributed by atoms with Gasteiger partial charge in [-0.15, -0.1) is 23.5 Å². The van der Waals surface area contributed by atoms with E-state index in [-0.39, 0.29) is 11.6 Å². The molecule has 0 aliphatic carbocycles. The normalized spacial score (nSPS) is 15.8. The van der Waals surface area contributed by atoms with Gasteiger partial charge in [0.2, 0.25) is 0 Å². The van der Waals surface area contributed by atoms with Crippen LogP contribution in [0, 0.1) is 13.8 Å². The summed E-state index contributed by atoms with van der Waals surface area (Å²) in [5.41, 5.74) is 8.88. The number of carboxylic acids is 1. The molecule has 6 aromatic rings. The zero-order chi connectivity index (χ0) is 33.9. The molecule has 0 spiro atoms. The monoisotopic (exact) mass is 699 g/mol. The van der Waals surface area contributed by atoms with Crippen LogP contribution in [-0.2, 0) is 38.4 Å². The summed E-state index contributed by atoms with van der Waals surface area (Å²) in [6.07, 6.45) is 0.633. The Morgan fingerprint density at radius 1 is 0.958 bits per heavy atom. The number of aromatic nitrogens is 5. The van der Waals surface area contributed by atoms with E-state index >= 15 is 0 Å². The van der Waals surface area contributed by atoms with E-state index in [1.165, 1.54) is 5.56 Å². The van der Waals surface area contributed by atoms with Gasteiger partial charge in [-0.25, -0.2) is 4.79 Å². The minimum Gasteiger partial charge on any atom is -0.493 e. The summed E-state index contributed by atoms with van der Waals surface area (Å²) in [6.45, 7) is 6.66. The molecule has 48 heavy (non-hydrogen) atoms. The number of hydrogen-bond donors (Lipinski definition) is 1. The fourth-order valence-corrected chi connectivity index (χ4v) is 9.04. The summed E-state index contributed by atoms with van der Waals surface area (Å²) >= 11 is 10.6. The SMILES string of the molecule is Cc1ccc2c3cc(cc2c1)SCc1cc(nn1C)CSCc1nn(C)c(C)c1-c1c(Cl)ccc2c(c(C(=O)O)n(C)c12)[C@@H](C)CCO3. The Morgan fingerprint density at radius 2 is 1.75 bits per heavy atom. The van der Waals surface area contributed by atoms with Gasteiger partial charge in [-0.1, -0.05) is 48.4 Å². The van der Waals surface area contributed by atoms with Crippen LogP contribution in [0.1, 0.15) is 63.7 Å². The van der Waals surface area contributed by atoms with Crippen molar-refractivity contribution >= 4 is 62.8 Å². The maximum atomic E-state index is 12.9. The molecule has 0 unspecified atom stereocenters. The first-order chi connectivity index (χ1) is 23.0. The van der Waals surface area contributed by atoms with E-state index in [0.717, 1.165) is 83.3 Å². The number of hydrogen-bond acceptors (Lipinski definition) is 6. The van der Waals surface area contributed by atoms with Crippen molar-refractivity contribution in [3.63, 3.8) is 0 Å². The van der Waals surface area contributed by atoms with Crippen LogP contribution >= 0.6 is 35.1 Å². The molecule has 0 saturated heterocycles. The smallest absolute Gasteiger partial charge is 0.352 e. The van der Waals surface area contributed by atoms with E-state index in [1.807, 2.05) is 49.6 Å². The average molecular weight is 700 g/mol. The molecule has 0 fully saturated rings. The summed E-state index contributed by atoms with van der Waals surface area (Å²) in [5.74, 6) is 1.93. The standard InChI is InChI=1S/C37H38ClN5O3S2/c1-20-7-8-27-23(13-20)14-26-16-31(27)46-12-11-21(2)32-28-9-10-29(38)34(35(28)41(4)36(32)37(44)45)33-22(3)42(5)40-30(33)19-47-17-24-15-25(18-48-26)43(6)39-24/h7-10,13-16,21H,11-12,17-19H2,1-6H3,(H,44,45)/t21-/m0/s1. The molecule has 1 aliphatic rings. The number of thioether (sulfide) groups is 2. The minimum absolute atomic E-state index is 0.0992. The summed E-state index contributed by atoms with van der Waals surface area (Å²) < 4.78 is 12.2.